The standard InChI is InChI=1S/C15H22N2O4/c18-10-9-17(12-4-1-2-5-12)14(19)7-8-16-15(20)13-6-3-11-21-13/h3,6,11-12,18H,1-2,4-5,7-10H2,(H,16,20). The molecule has 1 aromatic heterocycles. The zero-order valence-corrected chi connectivity index (χ0v) is 12.1. The minimum absolute atomic E-state index is 0.0179. The third kappa shape index (κ3) is 4.32. The van der Waals surface area contributed by atoms with Crippen LogP contribution in [0.15, 0.2) is 22.8 Å². The molecule has 1 aromatic rings. The monoisotopic (exact) mass is 294 g/mol. The number of carbonyl (C=O) groups is 2. The van der Waals surface area contributed by atoms with Crippen LogP contribution in [0.4, 0.5) is 0 Å². The van der Waals surface area contributed by atoms with E-state index in [0.717, 1.165) is 25.7 Å². The number of nitrogens with one attached hydrogen (secondary N) is 1. The van der Waals surface area contributed by atoms with Gasteiger partial charge in [-0.3, -0.25) is 9.59 Å². The second kappa shape index (κ2) is 7.83. The molecule has 1 aliphatic carbocycles. The van der Waals surface area contributed by atoms with Crippen molar-refractivity contribution in [2.75, 3.05) is 19.7 Å². The summed E-state index contributed by atoms with van der Waals surface area (Å²) in [5, 5.41) is 11.8. The van der Waals surface area contributed by atoms with Crippen LogP contribution in [0.2, 0.25) is 0 Å². The topological polar surface area (TPSA) is 82.8 Å². The van der Waals surface area contributed by atoms with E-state index in [1.807, 2.05) is 0 Å². The molecule has 116 valence electrons. The fourth-order valence-corrected chi connectivity index (χ4v) is 2.76. The summed E-state index contributed by atoms with van der Waals surface area (Å²) in [5.74, 6) is -0.0940. The molecule has 0 bridgehead atoms. The maximum Gasteiger partial charge on any atom is 0.286 e. The van der Waals surface area contributed by atoms with Gasteiger partial charge >= 0.3 is 0 Å². The Morgan fingerprint density at radius 1 is 1.38 bits per heavy atom. The van der Waals surface area contributed by atoms with Gasteiger partial charge in [0.25, 0.3) is 5.91 Å². The smallest absolute Gasteiger partial charge is 0.286 e. The van der Waals surface area contributed by atoms with E-state index in [4.69, 9.17) is 9.52 Å². The summed E-state index contributed by atoms with van der Waals surface area (Å²) in [6, 6.07) is 3.46. The highest BCUT2D eigenvalue weighted by atomic mass is 16.3. The van der Waals surface area contributed by atoms with Crippen LogP contribution in [-0.4, -0.2) is 47.6 Å². The minimum atomic E-state index is -0.317. The summed E-state index contributed by atoms with van der Waals surface area (Å²) in [6.45, 7) is 0.615. The average molecular weight is 294 g/mol. The first-order valence-corrected chi connectivity index (χ1v) is 7.44. The van der Waals surface area contributed by atoms with Crippen molar-refractivity contribution in [2.45, 2.75) is 38.1 Å². The predicted octanol–water partition coefficient (Wildman–Crippen LogP) is 1.16. The minimum Gasteiger partial charge on any atom is -0.459 e. The van der Waals surface area contributed by atoms with Gasteiger partial charge in [0.2, 0.25) is 5.91 Å². The lowest BCUT2D eigenvalue weighted by Gasteiger charge is -2.28. The number of hydrogen-bond donors (Lipinski definition) is 2. The van der Waals surface area contributed by atoms with Gasteiger partial charge in [-0.05, 0) is 25.0 Å². The van der Waals surface area contributed by atoms with Crippen molar-refractivity contribution < 1.29 is 19.1 Å². The van der Waals surface area contributed by atoms with E-state index in [1.165, 1.54) is 6.26 Å². The summed E-state index contributed by atoms with van der Waals surface area (Å²) in [4.78, 5) is 25.7. The van der Waals surface area contributed by atoms with E-state index in [9.17, 15) is 9.59 Å². The number of hydrogen-bond acceptors (Lipinski definition) is 4. The molecule has 0 saturated heterocycles. The van der Waals surface area contributed by atoms with Gasteiger partial charge in [0.05, 0.1) is 12.9 Å². The van der Waals surface area contributed by atoms with Gasteiger partial charge in [0, 0.05) is 25.6 Å². The molecule has 21 heavy (non-hydrogen) atoms. The van der Waals surface area contributed by atoms with Gasteiger partial charge < -0.3 is 19.7 Å². The molecule has 1 aliphatic rings. The first-order chi connectivity index (χ1) is 10.2. The Balaban J connectivity index is 1.77. The number of rotatable bonds is 7. The van der Waals surface area contributed by atoms with Crippen LogP contribution in [0.1, 0.15) is 42.7 Å². The normalized spacial score (nSPS) is 15.1. The third-order valence-corrected chi connectivity index (χ3v) is 3.80. The van der Waals surface area contributed by atoms with Crippen molar-refractivity contribution >= 4 is 11.8 Å². The molecule has 2 amide bonds. The Morgan fingerprint density at radius 3 is 2.76 bits per heavy atom. The fourth-order valence-electron chi connectivity index (χ4n) is 2.76. The van der Waals surface area contributed by atoms with Crippen molar-refractivity contribution in [2.24, 2.45) is 0 Å². The highest BCUT2D eigenvalue weighted by Crippen LogP contribution is 2.23. The zero-order valence-electron chi connectivity index (χ0n) is 12.1. The van der Waals surface area contributed by atoms with E-state index < -0.39 is 0 Å². The quantitative estimate of drug-likeness (QED) is 0.790. The first-order valence-electron chi connectivity index (χ1n) is 7.44. The van der Waals surface area contributed by atoms with E-state index in [-0.39, 0.29) is 43.2 Å². The summed E-state index contributed by atoms with van der Waals surface area (Å²) in [7, 11) is 0. The lowest BCUT2D eigenvalue weighted by atomic mass is 10.2. The van der Waals surface area contributed by atoms with Gasteiger partial charge in [-0.25, -0.2) is 0 Å². The number of aliphatic hydroxyl groups excluding tert-OH is 1. The predicted molar refractivity (Wildman–Crippen MR) is 76.7 cm³/mol. The molecule has 1 fully saturated rings. The number of aliphatic hydroxyl groups is 1. The van der Waals surface area contributed by atoms with Crippen molar-refractivity contribution in [3.05, 3.63) is 24.2 Å². The number of amides is 2. The second-order valence-electron chi connectivity index (χ2n) is 5.23. The van der Waals surface area contributed by atoms with E-state index in [2.05, 4.69) is 5.32 Å². The molecule has 6 heteroatoms. The van der Waals surface area contributed by atoms with E-state index >= 15 is 0 Å². The van der Waals surface area contributed by atoms with Crippen LogP contribution in [0.3, 0.4) is 0 Å². The summed E-state index contributed by atoms with van der Waals surface area (Å²) in [6.07, 6.45) is 5.95. The highest BCUT2D eigenvalue weighted by molar-refractivity contribution is 5.91. The third-order valence-electron chi connectivity index (χ3n) is 3.80. The number of furan rings is 1. The van der Waals surface area contributed by atoms with Crippen LogP contribution in [0, 0.1) is 0 Å². The van der Waals surface area contributed by atoms with Gasteiger partial charge in [-0.2, -0.15) is 0 Å². The molecule has 0 unspecified atom stereocenters. The lowest BCUT2D eigenvalue weighted by molar-refractivity contribution is -0.133. The Morgan fingerprint density at radius 2 is 2.14 bits per heavy atom. The largest absolute Gasteiger partial charge is 0.459 e. The summed E-state index contributed by atoms with van der Waals surface area (Å²) in [5.41, 5.74) is 0. The molecule has 2 rings (SSSR count). The van der Waals surface area contributed by atoms with Crippen molar-refractivity contribution in [3.8, 4) is 0 Å². The Bertz CT molecular complexity index is 452. The van der Waals surface area contributed by atoms with Crippen LogP contribution in [-0.2, 0) is 4.79 Å². The molecular weight excluding hydrogens is 272 g/mol. The Labute approximate surface area is 124 Å². The van der Waals surface area contributed by atoms with Gasteiger partial charge in [0.1, 0.15) is 0 Å². The number of carbonyl (C=O) groups excluding carboxylic acids is 2. The van der Waals surface area contributed by atoms with Crippen LogP contribution >= 0.6 is 0 Å². The molecule has 1 heterocycles. The zero-order chi connectivity index (χ0) is 15.1. The molecule has 1 saturated carbocycles. The maximum atomic E-state index is 12.2. The molecule has 0 atom stereocenters. The van der Waals surface area contributed by atoms with Crippen LogP contribution < -0.4 is 5.32 Å². The van der Waals surface area contributed by atoms with Gasteiger partial charge in [-0.1, -0.05) is 12.8 Å². The highest BCUT2D eigenvalue weighted by Gasteiger charge is 2.25. The molecule has 6 nitrogen and oxygen atoms in total. The summed E-state index contributed by atoms with van der Waals surface area (Å²) >= 11 is 0. The first kappa shape index (κ1) is 15.6. The van der Waals surface area contributed by atoms with Crippen LogP contribution in [0.25, 0.3) is 0 Å². The van der Waals surface area contributed by atoms with Crippen molar-refractivity contribution in [1.29, 1.82) is 0 Å². The summed E-state index contributed by atoms with van der Waals surface area (Å²) < 4.78 is 4.98. The van der Waals surface area contributed by atoms with Crippen LogP contribution in [0.5, 0.6) is 0 Å². The van der Waals surface area contributed by atoms with Gasteiger partial charge in [0.15, 0.2) is 5.76 Å². The molecular formula is C15H22N2O4. The molecule has 0 spiro atoms. The number of nitrogens with zero attached hydrogens (tertiary/aromatic N) is 1. The molecule has 0 aliphatic heterocycles. The van der Waals surface area contributed by atoms with Crippen molar-refractivity contribution in [1.82, 2.24) is 10.2 Å². The van der Waals surface area contributed by atoms with E-state index in [0.29, 0.717) is 6.54 Å². The lowest BCUT2D eigenvalue weighted by Crippen LogP contribution is -2.42. The SMILES string of the molecule is O=C(NCCC(=O)N(CCO)C1CCCC1)c1ccco1. The maximum absolute atomic E-state index is 12.2. The Kier molecular flexibility index (Phi) is 5.80. The molecule has 2 N–H and O–H groups in total. The van der Waals surface area contributed by atoms with E-state index in [1.54, 1.807) is 17.0 Å². The Hall–Kier alpha value is -1.82. The average Bonchev–Trinajstić information content (AvgIpc) is 3.17. The second-order valence-corrected chi connectivity index (χ2v) is 5.23. The molecule has 0 radical (unpaired) electrons. The van der Waals surface area contributed by atoms with Crippen molar-refractivity contribution in [3.63, 3.8) is 0 Å². The van der Waals surface area contributed by atoms with Gasteiger partial charge in [-0.15, -0.1) is 0 Å². The molecule has 0 aromatic carbocycles. The fraction of sp³-hybridized carbons (Fsp3) is 0.600.